The first kappa shape index (κ1) is 22.9. The SMILES string of the molecule is C=O.C=O.Fc1ccc(Nc2cc(-c3ccc4nccc(Cl)c4c3)cnc2Cl)cc1. The summed E-state index contributed by atoms with van der Waals surface area (Å²) < 4.78 is 13.1. The van der Waals surface area contributed by atoms with Crippen LogP contribution in [0.1, 0.15) is 0 Å². The van der Waals surface area contributed by atoms with Gasteiger partial charge in [0.2, 0.25) is 0 Å². The molecule has 2 aromatic heterocycles. The van der Waals surface area contributed by atoms with Gasteiger partial charge < -0.3 is 14.9 Å². The molecule has 2 aromatic carbocycles. The van der Waals surface area contributed by atoms with Crippen molar-refractivity contribution in [1.29, 1.82) is 0 Å². The highest BCUT2D eigenvalue weighted by atomic mass is 35.5. The van der Waals surface area contributed by atoms with Crippen LogP contribution in [-0.2, 0) is 9.59 Å². The van der Waals surface area contributed by atoms with Gasteiger partial charge in [-0.05, 0) is 54.1 Å². The third-order valence-electron chi connectivity index (χ3n) is 3.98. The van der Waals surface area contributed by atoms with Crippen LogP contribution >= 0.6 is 23.2 Å². The Morgan fingerprint density at radius 3 is 2.23 bits per heavy atom. The summed E-state index contributed by atoms with van der Waals surface area (Å²) in [5.41, 5.74) is 4.00. The molecular formula is C22H16Cl2FN3O2. The molecule has 0 radical (unpaired) electrons. The molecule has 5 nitrogen and oxygen atoms in total. The molecule has 1 N–H and O–H groups in total. The minimum Gasteiger partial charge on any atom is -0.353 e. The molecule has 0 unspecified atom stereocenters. The molecular weight excluding hydrogens is 428 g/mol. The van der Waals surface area contributed by atoms with Crippen molar-refractivity contribution in [2.45, 2.75) is 0 Å². The third-order valence-corrected chi connectivity index (χ3v) is 4.61. The maximum absolute atomic E-state index is 13.1. The minimum absolute atomic E-state index is 0.296. The number of halogens is 3. The van der Waals surface area contributed by atoms with Gasteiger partial charge in [-0.25, -0.2) is 9.37 Å². The highest BCUT2D eigenvalue weighted by molar-refractivity contribution is 6.35. The predicted molar refractivity (Wildman–Crippen MR) is 119 cm³/mol. The standard InChI is InChI=1S/C20H12Cl2FN3.2CH2O/c21-17-7-8-24-18-6-1-12(9-16(17)18)13-10-19(20(22)25-11-13)26-15-4-2-14(23)3-5-15;2*1-2/h1-11,26H;2*1H2. The number of benzene rings is 2. The van der Waals surface area contributed by atoms with Gasteiger partial charge in [-0.2, -0.15) is 0 Å². The largest absolute Gasteiger partial charge is 0.353 e. The van der Waals surface area contributed by atoms with E-state index in [9.17, 15) is 4.39 Å². The Morgan fingerprint density at radius 1 is 0.833 bits per heavy atom. The summed E-state index contributed by atoms with van der Waals surface area (Å²) in [7, 11) is 0. The molecule has 0 spiro atoms. The molecule has 152 valence electrons. The molecule has 4 aromatic rings. The van der Waals surface area contributed by atoms with Gasteiger partial charge in [-0.15, -0.1) is 0 Å². The maximum Gasteiger partial charge on any atom is 0.152 e. The lowest BCUT2D eigenvalue weighted by molar-refractivity contribution is -0.0987. The van der Waals surface area contributed by atoms with E-state index in [1.54, 1.807) is 30.6 Å². The van der Waals surface area contributed by atoms with Crippen LogP contribution < -0.4 is 5.32 Å². The monoisotopic (exact) mass is 443 g/mol. The number of carbonyl (C=O) groups is 2. The Balaban J connectivity index is 0.000000757. The average Bonchev–Trinajstić information content (AvgIpc) is 2.80. The van der Waals surface area contributed by atoms with Gasteiger partial charge in [-0.1, -0.05) is 29.3 Å². The fourth-order valence-corrected chi connectivity index (χ4v) is 3.03. The number of hydrogen-bond donors (Lipinski definition) is 1. The van der Waals surface area contributed by atoms with Gasteiger partial charge >= 0.3 is 0 Å². The minimum atomic E-state index is -0.296. The number of rotatable bonds is 3. The zero-order valence-electron chi connectivity index (χ0n) is 15.6. The van der Waals surface area contributed by atoms with Crippen molar-refractivity contribution in [3.05, 3.63) is 83.0 Å². The summed E-state index contributed by atoms with van der Waals surface area (Å²) in [6.45, 7) is 4.00. The lowest BCUT2D eigenvalue weighted by Crippen LogP contribution is -1.94. The Bertz CT molecular complexity index is 1140. The molecule has 0 aliphatic rings. The lowest BCUT2D eigenvalue weighted by atomic mass is 10.0. The fourth-order valence-electron chi connectivity index (χ4n) is 2.67. The Kier molecular flexibility index (Phi) is 8.41. The first-order valence-electron chi connectivity index (χ1n) is 8.41. The third kappa shape index (κ3) is 5.37. The highest BCUT2D eigenvalue weighted by Crippen LogP contribution is 2.32. The van der Waals surface area contributed by atoms with E-state index in [0.29, 0.717) is 15.9 Å². The summed E-state index contributed by atoms with van der Waals surface area (Å²) in [5, 5.41) is 5.00. The van der Waals surface area contributed by atoms with Gasteiger partial charge in [0.05, 0.1) is 16.2 Å². The van der Waals surface area contributed by atoms with Crippen molar-refractivity contribution >= 4 is 59.1 Å². The topological polar surface area (TPSA) is 72.0 Å². The molecule has 0 saturated heterocycles. The van der Waals surface area contributed by atoms with Gasteiger partial charge in [0.1, 0.15) is 19.4 Å². The van der Waals surface area contributed by atoms with E-state index in [-0.39, 0.29) is 5.82 Å². The molecule has 0 saturated carbocycles. The predicted octanol–water partition coefficient (Wildman–Crippen LogP) is 6.12. The molecule has 2 heterocycles. The molecule has 4 rings (SSSR count). The number of nitrogens with one attached hydrogen (secondary N) is 1. The molecule has 0 aliphatic heterocycles. The van der Waals surface area contributed by atoms with E-state index in [1.165, 1.54) is 12.1 Å². The van der Waals surface area contributed by atoms with E-state index in [2.05, 4.69) is 15.3 Å². The normalized spacial score (nSPS) is 9.70. The second kappa shape index (κ2) is 11.0. The molecule has 30 heavy (non-hydrogen) atoms. The van der Waals surface area contributed by atoms with Crippen LogP contribution in [0, 0.1) is 5.82 Å². The van der Waals surface area contributed by atoms with Gasteiger partial charge in [-0.3, -0.25) is 4.98 Å². The summed E-state index contributed by atoms with van der Waals surface area (Å²) in [6.07, 6.45) is 3.38. The van der Waals surface area contributed by atoms with E-state index >= 15 is 0 Å². The zero-order valence-corrected chi connectivity index (χ0v) is 17.1. The van der Waals surface area contributed by atoms with Crippen molar-refractivity contribution in [3.8, 4) is 11.1 Å². The molecule has 0 bridgehead atoms. The zero-order chi connectivity index (χ0) is 22.1. The number of anilines is 2. The number of pyridine rings is 2. The smallest absolute Gasteiger partial charge is 0.152 e. The summed E-state index contributed by atoms with van der Waals surface area (Å²) in [6, 6.07) is 15.5. The Hall–Kier alpha value is -3.35. The number of carbonyl (C=O) groups excluding carboxylic acids is 2. The van der Waals surface area contributed by atoms with Crippen molar-refractivity contribution < 1.29 is 14.0 Å². The van der Waals surface area contributed by atoms with Crippen LogP contribution in [0.15, 0.2) is 67.0 Å². The Labute approximate surface area is 182 Å². The van der Waals surface area contributed by atoms with E-state index in [1.807, 2.05) is 37.8 Å². The van der Waals surface area contributed by atoms with Crippen LogP contribution in [0.2, 0.25) is 10.2 Å². The highest BCUT2D eigenvalue weighted by Gasteiger charge is 2.08. The van der Waals surface area contributed by atoms with Crippen LogP contribution in [0.3, 0.4) is 0 Å². The first-order valence-corrected chi connectivity index (χ1v) is 9.16. The van der Waals surface area contributed by atoms with E-state index < -0.39 is 0 Å². The van der Waals surface area contributed by atoms with Crippen molar-refractivity contribution in [2.24, 2.45) is 0 Å². The second-order valence-corrected chi connectivity index (χ2v) is 6.48. The van der Waals surface area contributed by atoms with E-state index in [0.717, 1.165) is 27.7 Å². The molecule has 0 amide bonds. The number of fused-ring (bicyclic) bond motifs is 1. The molecule has 0 aliphatic carbocycles. The van der Waals surface area contributed by atoms with Crippen molar-refractivity contribution in [2.75, 3.05) is 5.32 Å². The van der Waals surface area contributed by atoms with Crippen LogP contribution in [0.25, 0.3) is 22.0 Å². The average molecular weight is 444 g/mol. The summed E-state index contributed by atoms with van der Waals surface area (Å²) in [5.74, 6) is -0.296. The number of hydrogen-bond acceptors (Lipinski definition) is 5. The summed E-state index contributed by atoms with van der Waals surface area (Å²) in [4.78, 5) is 24.6. The van der Waals surface area contributed by atoms with Crippen molar-refractivity contribution in [1.82, 2.24) is 9.97 Å². The van der Waals surface area contributed by atoms with E-state index in [4.69, 9.17) is 32.8 Å². The van der Waals surface area contributed by atoms with Gasteiger partial charge in [0.15, 0.2) is 5.15 Å². The van der Waals surface area contributed by atoms with Gasteiger partial charge in [0.25, 0.3) is 0 Å². The van der Waals surface area contributed by atoms with Crippen LogP contribution in [0.4, 0.5) is 15.8 Å². The quantitative estimate of drug-likeness (QED) is 0.386. The lowest BCUT2D eigenvalue weighted by Gasteiger charge is -2.11. The fraction of sp³-hybridized carbons (Fsp3) is 0. The second-order valence-electron chi connectivity index (χ2n) is 5.72. The van der Waals surface area contributed by atoms with Crippen LogP contribution in [0.5, 0.6) is 0 Å². The number of nitrogens with zero attached hydrogens (tertiary/aromatic N) is 2. The van der Waals surface area contributed by atoms with Crippen molar-refractivity contribution in [3.63, 3.8) is 0 Å². The molecule has 0 fully saturated rings. The first-order chi connectivity index (χ1) is 14.6. The Morgan fingerprint density at radius 2 is 1.53 bits per heavy atom. The van der Waals surface area contributed by atoms with Crippen LogP contribution in [-0.4, -0.2) is 23.5 Å². The van der Waals surface area contributed by atoms with Gasteiger partial charge in [0, 0.05) is 29.0 Å². The summed E-state index contributed by atoms with van der Waals surface area (Å²) >= 11 is 12.5. The molecule has 8 heteroatoms. The number of aromatic nitrogens is 2. The molecule has 0 atom stereocenters. The maximum atomic E-state index is 13.1.